The summed E-state index contributed by atoms with van der Waals surface area (Å²) in [4.78, 5) is 0. The lowest BCUT2D eigenvalue weighted by molar-refractivity contribution is 1.08. The van der Waals surface area contributed by atoms with Gasteiger partial charge in [0.25, 0.3) is 0 Å². The zero-order chi connectivity index (χ0) is 57.0. The molecular formula is C84H58N2. The summed E-state index contributed by atoms with van der Waals surface area (Å²) < 4.78 is 4.85. The molecular weight excluding hydrogens is 1040 g/mol. The first-order valence-corrected chi connectivity index (χ1v) is 30.1. The lowest BCUT2D eigenvalue weighted by Gasteiger charge is -2.15. The number of nitrogens with zero attached hydrogens (tertiary/aromatic N) is 2. The molecule has 86 heavy (non-hydrogen) atoms. The third kappa shape index (κ3) is 8.24. The Morgan fingerprint density at radius 3 is 1.12 bits per heavy atom. The number of rotatable bonds is 9. The normalized spacial score (nSPS) is 12.6. The van der Waals surface area contributed by atoms with Crippen molar-refractivity contribution in [3.8, 4) is 89.3 Å². The van der Waals surface area contributed by atoms with E-state index in [1.807, 2.05) is 0 Å². The molecule has 0 spiro atoms. The zero-order valence-corrected chi connectivity index (χ0v) is 48.0. The maximum Gasteiger partial charge on any atom is 0.0541 e. The number of hydrogen-bond acceptors (Lipinski definition) is 0. The molecule has 0 fully saturated rings. The van der Waals surface area contributed by atoms with Crippen LogP contribution < -0.4 is 0 Å². The highest BCUT2D eigenvalue weighted by Crippen LogP contribution is 2.47. The largest absolute Gasteiger partial charge is 0.309 e. The first-order valence-electron chi connectivity index (χ1n) is 30.1. The van der Waals surface area contributed by atoms with Gasteiger partial charge in [-0.2, -0.15) is 0 Å². The van der Waals surface area contributed by atoms with E-state index in [2.05, 4.69) is 314 Å². The highest BCUT2D eigenvalue weighted by molar-refractivity contribution is 6.12. The SMILES string of the molecule is Cc1ccc(-c2cccc(-c3cccc(-c4cccc(-c5ccc6c(c5)c5ccccc5n6-c5ccccc5)c4)c3)c2)cc1-c1cc(-c2cccc(-c3ccc4c(c3)c3ccccc3n4-c3ccc4c(c3)C3=C(Cc5ccccc53)C4)c2)ccc1C. The van der Waals surface area contributed by atoms with Crippen LogP contribution in [0.25, 0.3) is 138 Å². The van der Waals surface area contributed by atoms with Gasteiger partial charge in [-0.25, -0.2) is 0 Å². The van der Waals surface area contributed by atoms with E-state index in [0.29, 0.717) is 0 Å². The Balaban J connectivity index is 0.656. The van der Waals surface area contributed by atoms with E-state index in [9.17, 15) is 0 Å². The predicted octanol–water partition coefficient (Wildman–Crippen LogP) is 22.1. The minimum atomic E-state index is 1.04. The summed E-state index contributed by atoms with van der Waals surface area (Å²) in [6, 6.07) is 108. The summed E-state index contributed by atoms with van der Waals surface area (Å²) in [5.74, 6) is 0. The first kappa shape index (κ1) is 49.8. The summed E-state index contributed by atoms with van der Waals surface area (Å²) >= 11 is 0. The number of hydrogen-bond donors (Lipinski definition) is 0. The van der Waals surface area contributed by atoms with Crippen molar-refractivity contribution >= 4 is 49.2 Å². The Kier molecular flexibility index (Phi) is 11.5. The van der Waals surface area contributed by atoms with Crippen LogP contribution in [-0.4, -0.2) is 9.13 Å². The second-order valence-corrected chi connectivity index (χ2v) is 23.7. The summed E-state index contributed by atoms with van der Waals surface area (Å²) in [5, 5.41) is 5.04. The standard InChI is InChI=1S/C84H58N2/c1-53-32-34-63(59-21-13-19-57(43-59)55-17-12-18-56(42-55)58-20-14-23-61(44-58)65-37-40-82-78(50-65)73-28-8-10-30-80(73)85(82)70-25-4-3-5-26-70)48-75(53)76-49-64(35-33-54(76)2)60-22-15-24-62(45-60)66-38-41-83-79(51-66)74-29-9-11-31-81(74)86(83)71-39-36-68-47-69-46-67-16-6-7-27-72(67)84(69)77(68)52-71/h3-45,48-52H,46-47H2,1-2H3. The molecule has 17 rings (SSSR count). The third-order valence-electron chi connectivity index (χ3n) is 18.6. The van der Waals surface area contributed by atoms with Gasteiger partial charge in [0, 0.05) is 32.9 Å². The topological polar surface area (TPSA) is 9.86 Å². The molecule has 2 aromatic heterocycles. The molecule has 0 atom stereocenters. The second kappa shape index (κ2) is 19.9. The maximum absolute atomic E-state index is 2.47. The minimum Gasteiger partial charge on any atom is -0.309 e. The highest BCUT2D eigenvalue weighted by atomic mass is 15.0. The van der Waals surface area contributed by atoms with Gasteiger partial charge in [0.05, 0.1) is 22.1 Å². The Morgan fingerprint density at radius 2 is 0.616 bits per heavy atom. The van der Waals surface area contributed by atoms with Gasteiger partial charge in [0.1, 0.15) is 0 Å². The van der Waals surface area contributed by atoms with Crippen LogP contribution in [0.3, 0.4) is 0 Å². The molecule has 13 aromatic carbocycles. The van der Waals surface area contributed by atoms with Crippen molar-refractivity contribution in [2.24, 2.45) is 0 Å². The number of aryl methyl sites for hydroxylation is 2. The van der Waals surface area contributed by atoms with Gasteiger partial charge >= 0.3 is 0 Å². The highest BCUT2D eigenvalue weighted by Gasteiger charge is 2.30. The van der Waals surface area contributed by atoms with Crippen LogP contribution in [0.2, 0.25) is 0 Å². The number of allylic oxidation sites excluding steroid dienone is 1. The van der Waals surface area contributed by atoms with Gasteiger partial charge in [0.2, 0.25) is 0 Å². The number of para-hydroxylation sites is 3. The van der Waals surface area contributed by atoms with Crippen molar-refractivity contribution in [2.75, 3.05) is 0 Å². The van der Waals surface area contributed by atoms with Crippen molar-refractivity contribution in [1.29, 1.82) is 0 Å². The van der Waals surface area contributed by atoms with Crippen molar-refractivity contribution in [3.63, 3.8) is 0 Å². The third-order valence-corrected chi connectivity index (χ3v) is 18.6. The van der Waals surface area contributed by atoms with Gasteiger partial charge in [0.15, 0.2) is 0 Å². The van der Waals surface area contributed by atoms with Crippen molar-refractivity contribution in [3.05, 3.63) is 330 Å². The smallest absolute Gasteiger partial charge is 0.0541 e. The van der Waals surface area contributed by atoms with E-state index >= 15 is 0 Å². The van der Waals surface area contributed by atoms with E-state index in [0.717, 1.165) is 12.8 Å². The Hall–Kier alpha value is -10.8. The molecule has 15 aromatic rings. The van der Waals surface area contributed by atoms with E-state index < -0.39 is 0 Å². The quantitative estimate of drug-likeness (QED) is 0.136. The van der Waals surface area contributed by atoms with Crippen LogP contribution in [0.4, 0.5) is 0 Å². The number of benzene rings is 13. The minimum absolute atomic E-state index is 1.04. The fourth-order valence-electron chi connectivity index (χ4n) is 14.4. The molecule has 0 amide bonds. The van der Waals surface area contributed by atoms with Crippen molar-refractivity contribution < 1.29 is 0 Å². The van der Waals surface area contributed by atoms with Crippen LogP contribution in [0, 0.1) is 13.8 Å². The molecule has 0 saturated carbocycles. The summed E-state index contributed by atoms with van der Waals surface area (Å²) in [6.07, 6.45) is 2.10. The molecule has 2 nitrogen and oxygen atoms in total. The lowest BCUT2D eigenvalue weighted by Crippen LogP contribution is -1.97. The second-order valence-electron chi connectivity index (χ2n) is 23.7. The molecule has 2 heteroatoms. The van der Waals surface area contributed by atoms with Gasteiger partial charge in [-0.1, -0.05) is 200 Å². The Bertz CT molecular complexity index is 5310. The summed E-state index contributed by atoms with van der Waals surface area (Å²) in [5.41, 5.74) is 35.4. The van der Waals surface area contributed by atoms with E-state index in [-0.39, 0.29) is 0 Å². The summed E-state index contributed by atoms with van der Waals surface area (Å²) in [7, 11) is 0. The van der Waals surface area contributed by atoms with Crippen LogP contribution in [0.5, 0.6) is 0 Å². The van der Waals surface area contributed by atoms with Crippen molar-refractivity contribution in [2.45, 2.75) is 26.7 Å². The van der Waals surface area contributed by atoms with Gasteiger partial charge in [-0.15, -0.1) is 0 Å². The average Bonchev–Trinajstić information content (AvgIpc) is 2.16. The lowest BCUT2D eigenvalue weighted by atomic mass is 9.89. The van der Waals surface area contributed by atoms with E-state index in [4.69, 9.17) is 0 Å². The summed E-state index contributed by atoms with van der Waals surface area (Å²) in [6.45, 7) is 4.48. The number of fused-ring (bicyclic) bond motifs is 10. The average molecular weight is 1100 g/mol. The predicted molar refractivity (Wildman–Crippen MR) is 363 cm³/mol. The Morgan fingerprint density at radius 1 is 0.233 bits per heavy atom. The zero-order valence-electron chi connectivity index (χ0n) is 48.0. The molecule has 0 radical (unpaired) electrons. The van der Waals surface area contributed by atoms with Crippen LogP contribution in [0.1, 0.15) is 33.4 Å². The Labute approximate surface area is 501 Å². The van der Waals surface area contributed by atoms with Crippen LogP contribution in [-0.2, 0) is 12.8 Å². The first-order chi connectivity index (χ1) is 42.4. The monoisotopic (exact) mass is 1090 g/mol. The van der Waals surface area contributed by atoms with Gasteiger partial charge in [-0.3, -0.25) is 0 Å². The fourth-order valence-corrected chi connectivity index (χ4v) is 14.4. The van der Waals surface area contributed by atoms with E-state index in [1.165, 1.54) is 172 Å². The molecule has 0 N–H and O–H groups in total. The van der Waals surface area contributed by atoms with Gasteiger partial charge in [-0.05, 0) is 241 Å². The van der Waals surface area contributed by atoms with Crippen LogP contribution in [0.15, 0.2) is 297 Å². The molecule has 2 heterocycles. The molecule has 0 aliphatic heterocycles. The molecule has 404 valence electrons. The van der Waals surface area contributed by atoms with E-state index in [1.54, 1.807) is 5.57 Å². The molecule has 0 saturated heterocycles. The van der Waals surface area contributed by atoms with Crippen molar-refractivity contribution in [1.82, 2.24) is 9.13 Å². The molecule has 2 aliphatic rings. The van der Waals surface area contributed by atoms with Gasteiger partial charge < -0.3 is 9.13 Å². The molecule has 0 unspecified atom stereocenters. The molecule has 2 aliphatic carbocycles. The molecule has 0 bridgehead atoms. The fraction of sp³-hybridized carbons (Fsp3) is 0.0476. The maximum atomic E-state index is 2.47. The van der Waals surface area contributed by atoms with Crippen LogP contribution >= 0.6 is 0 Å². The number of aromatic nitrogens is 2.